The quantitative estimate of drug-likeness (QED) is 0.169. The Balaban J connectivity index is 1.37. The molecule has 0 saturated heterocycles. The van der Waals surface area contributed by atoms with Gasteiger partial charge in [-0.3, -0.25) is 0 Å². The van der Waals surface area contributed by atoms with Crippen molar-refractivity contribution in [3.63, 3.8) is 0 Å². The summed E-state index contributed by atoms with van der Waals surface area (Å²) in [5.74, 6) is 0.363. The summed E-state index contributed by atoms with van der Waals surface area (Å²) in [6.45, 7) is 16.4. The van der Waals surface area contributed by atoms with E-state index in [0.29, 0.717) is 5.92 Å². The molecular formula is C51H51BN2. The molecule has 0 spiro atoms. The van der Waals surface area contributed by atoms with Gasteiger partial charge in [0.15, 0.2) is 0 Å². The van der Waals surface area contributed by atoms with Crippen LogP contribution in [0.15, 0.2) is 151 Å². The minimum atomic E-state index is 0.00352. The largest absolute Gasteiger partial charge is 0.311 e. The molecule has 0 N–H and O–H groups in total. The molecule has 2 heterocycles. The first-order valence-corrected chi connectivity index (χ1v) is 19.9. The first-order valence-electron chi connectivity index (χ1n) is 19.9. The van der Waals surface area contributed by atoms with Crippen LogP contribution in [0.3, 0.4) is 0 Å². The SMILES string of the molecule is Cc1cc2c3c(c1)N(c1ccccc1-c1ccccc1)c1ccc(C(C)(C)C)cc1B3c1cc(C(C)(C)C)ccc1N2C1=CCCC=C1C1C=CC=CC1. The van der Waals surface area contributed by atoms with E-state index in [2.05, 4.69) is 198 Å². The highest BCUT2D eigenvalue weighted by Crippen LogP contribution is 2.48. The van der Waals surface area contributed by atoms with Gasteiger partial charge in [-0.15, -0.1) is 0 Å². The molecule has 0 radical (unpaired) electrons. The molecule has 3 heteroatoms. The Kier molecular flexibility index (Phi) is 8.27. The number of aryl methyl sites for hydroxylation is 1. The summed E-state index contributed by atoms with van der Waals surface area (Å²) in [5.41, 5.74) is 19.8. The Morgan fingerprint density at radius 2 is 1.20 bits per heavy atom. The number of nitrogens with zero attached hydrogens (tertiary/aromatic N) is 2. The maximum Gasteiger partial charge on any atom is 0.252 e. The van der Waals surface area contributed by atoms with Crippen LogP contribution in [0.4, 0.5) is 28.4 Å². The summed E-state index contributed by atoms with van der Waals surface area (Å²) in [7, 11) is 0. The Morgan fingerprint density at radius 1 is 0.593 bits per heavy atom. The lowest BCUT2D eigenvalue weighted by atomic mass is 9.33. The van der Waals surface area contributed by atoms with E-state index in [4.69, 9.17) is 0 Å². The van der Waals surface area contributed by atoms with Crippen molar-refractivity contribution in [2.75, 3.05) is 9.80 Å². The predicted octanol–water partition coefficient (Wildman–Crippen LogP) is 11.7. The van der Waals surface area contributed by atoms with Gasteiger partial charge in [0.25, 0.3) is 6.71 Å². The minimum Gasteiger partial charge on any atom is -0.311 e. The van der Waals surface area contributed by atoms with Crippen molar-refractivity contribution < 1.29 is 0 Å². The number of benzene rings is 5. The Morgan fingerprint density at radius 3 is 1.85 bits per heavy atom. The summed E-state index contributed by atoms with van der Waals surface area (Å²) in [6.07, 6.45) is 17.4. The second-order valence-corrected chi connectivity index (χ2v) is 17.7. The zero-order chi connectivity index (χ0) is 37.4. The number of allylic oxidation sites excluding steroid dienone is 7. The third-order valence-corrected chi connectivity index (χ3v) is 12.0. The van der Waals surface area contributed by atoms with Gasteiger partial charge in [-0.1, -0.05) is 151 Å². The topological polar surface area (TPSA) is 6.48 Å². The van der Waals surface area contributed by atoms with Crippen molar-refractivity contribution in [3.8, 4) is 11.1 Å². The molecule has 2 aliphatic carbocycles. The average molecular weight is 703 g/mol. The van der Waals surface area contributed by atoms with Crippen LogP contribution in [0.1, 0.15) is 77.5 Å². The number of rotatable bonds is 4. The number of fused-ring (bicyclic) bond motifs is 4. The van der Waals surface area contributed by atoms with Crippen molar-refractivity contribution in [1.29, 1.82) is 0 Å². The normalized spacial score (nSPS) is 17.5. The number of hydrogen-bond acceptors (Lipinski definition) is 2. The third-order valence-electron chi connectivity index (χ3n) is 12.0. The monoisotopic (exact) mass is 702 g/mol. The number of para-hydroxylation sites is 1. The Hall–Kier alpha value is -5.28. The van der Waals surface area contributed by atoms with Crippen LogP contribution in [-0.2, 0) is 10.8 Å². The Labute approximate surface area is 323 Å². The van der Waals surface area contributed by atoms with Crippen LogP contribution >= 0.6 is 0 Å². The fourth-order valence-electron chi connectivity index (χ4n) is 9.18. The van der Waals surface area contributed by atoms with E-state index >= 15 is 0 Å². The molecule has 2 nitrogen and oxygen atoms in total. The van der Waals surface area contributed by atoms with E-state index in [-0.39, 0.29) is 17.5 Å². The molecule has 268 valence electrons. The summed E-state index contributed by atoms with van der Waals surface area (Å²) in [4.78, 5) is 5.24. The molecule has 9 rings (SSSR count). The molecule has 4 aliphatic rings. The van der Waals surface area contributed by atoms with Gasteiger partial charge in [-0.05, 0) is 112 Å². The second kappa shape index (κ2) is 12.9. The van der Waals surface area contributed by atoms with Crippen molar-refractivity contribution >= 4 is 51.5 Å². The van der Waals surface area contributed by atoms with E-state index in [9.17, 15) is 0 Å². The van der Waals surface area contributed by atoms with Gasteiger partial charge in [-0.25, -0.2) is 0 Å². The summed E-state index contributed by atoms with van der Waals surface area (Å²) < 4.78 is 0. The van der Waals surface area contributed by atoms with E-state index in [0.717, 1.165) is 19.3 Å². The van der Waals surface area contributed by atoms with Crippen LogP contribution in [0, 0.1) is 12.8 Å². The zero-order valence-electron chi connectivity index (χ0n) is 32.9. The lowest BCUT2D eigenvalue weighted by Crippen LogP contribution is -2.62. The van der Waals surface area contributed by atoms with Crippen molar-refractivity contribution in [1.82, 2.24) is 0 Å². The van der Waals surface area contributed by atoms with E-state index < -0.39 is 0 Å². The van der Waals surface area contributed by atoms with Crippen molar-refractivity contribution in [2.24, 2.45) is 5.92 Å². The number of hydrogen-bond donors (Lipinski definition) is 0. The molecule has 2 aliphatic heterocycles. The van der Waals surface area contributed by atoms with Crippen LogP contribution in [0.5, 0.6) is 0 Å². The third kappa shape index (κ3) is 5.72. The van der Waals surface area contributed by atoms with E-state index in [1.54, 1.807) is 0 Å². The smallest absolute Gasteiger partial charge is 0.252 e. The highest BCUT2D eigenvalue weighted by molar-refractivity contribution is 7.00. The summed E-state index contributed by atoms with van der Waals surface area (Å²) in [5, 5.41) is 0. The first kappa shape index (κ1) is 34.5. The summed E-state index contributed by atoms with van der Waals surface area (Å²) >= 11 is 0. The van der Waals surface area contributed by atoms with Crippen LogP contribution in [0.25, 0.3) is 11.1 Å². The second-order valence-electron chi connectivity index (χ2n) is 17.7. The average Bonchev–Trinajstić information content (AvgIpc) is 3.17. The Bertz CT molecular complexity index is 2410. The lowest BCUT2D eigenvalue weighted by molar-refractivity contribution is 0.590. The molecule has 1 unspecified atom stereocenters. The predicted molar refractivity (Wildman–Crippen MR) is 234 cm³/mol. The molecule has 0 amide bonds. The van der Waals surface area contributed by atoms with E-state index in [1.165, 1.54) is 83.9 Å². The van der Waals surface area contributed by atoms with Gasteiger partial charge in [0, 0.05) is 39.9 Å². The molecule has 5 aromatic carbocycles. The molecule has 0 saturated carbocycles. The molecule has 1 atom stereocenters. The molecular weight excluding hydrogens is 651 g/mol. The van der Waals surface area contributed by atoms with Crippen LogP contribution in [-0.4, -0.2) is 6.71 Å². The fourth-order valence-corrected chi connectivity index (χ4v) is 9.18. The zero-order valence-corrected chi connectivity index (χ0v) is 32.9. The molecule has 0 fully saturated rings. The summed E-state index contributed by atoms with van der Waals surface area (Å²) in [6, 6.07) is 39.5. The fraction of sp³-hybridized carbons (Fsp3) is 0.255. The van der Waals surface area contributed by atoms with Gasteiger partial charge in [0.2, 0.25) is 0 Å². The molecule has 0 aromatic heterocycles. The highest BCUT2D eigenvalue weighted by Gasteiger charge is 2.45. The minimum absolute atomic E-state index is 0.00352. The van der Waals surface area contributed by atoms with Gasteiger partial charge >= 0.3 is 0 Å². The number of anilines is 5. The van der Waals surface area contributed by atoms with Crippen molar-refractivity contribution in [2.45, 2.75) is 78.6 Å². The highest BCUT2D eigenvalue weighted by atomic mass is 15.2. The maximum atomic E-state index is 2.65. The standard InChI is InChI=1S/C51H51BN2/c1-34-30-47-49-48(31-34)54(44-25-17-15-23-40(44)36-20-12-9-13-21-36)46-29-27-38(51(5,6)7)33-42(46)52(49)41-32-37(50(2,3)4)26-28-45(41)53(47)43-24-16-14-22-39(43)35-18-10-8-11-19-35/h8-14,16,18-20,22-33,36H,15,17,21H2,1-7H3. The van der Waals surface area contributed by atoms with Crippen LogP contribution in [0.2, 0.25) is 0 Å². The lowest BCUT2D eigenvalue weighted by Gasteiger charge is -2.46. The van der Waals surface area contributed by atoms with Gasteiger partial charge in [0.1, 0.15) is 0 Å². The van der Waals surface area contributed by atoms with Gasteiger partial charge in [0.05, 0.1) is 5.69 Å². The first-order chi connectivity index (χ1) is 26.0. The maximum absolute atomic E-state index is 2.65. The van der Waals surface area contributed by atoms with E-state index in [1.807, 2.05) is 0 Å². The molecule has 54 heavy (non-hydrogen) atoms. The van der Waals surface area contributed by atoms with Crippen LogP contribution < -0.4 is 26.2 Å². The van der Waals surface area contributed by atoms with Crippen molar-refractivity contribution in [3.05, 3.63) is 168 Å². The molecule has 0 bridgehead atoms. The van der Waals surface area contributed by atoms with Gasteiger partial charge < -0.3 is 9.80 Å². The van der Waals surface area contributed by atoms with Gasteiger partial charge in [-0.2, -0.15) is 0 Å². The molecule has 5 aromatic rings.